The number of hydrogen-bond acceptors (Lipinski definition) is 4. The number of hydroxylamine groups is 1. The number of anilines is 2. The molecule has 1 aliphatic heterocycles. The second-order valence-corrected chi connectivity index (χ2v) is 5.72. The van der Waals surface area contributed by atoms with Crippen molar-refractivity contribution in [2.45, 2.75) is 12.8 Å². The fourth-order valence-electron chi connectivity index (χ4n) is 2.80. The van der Waals surface area contributed by atoms with E-state index in [1.54, 1.807) is 35.8 Å². The zero-order valence-electron chi connectivity index (χ0n) is 13.2. The Morgan fingerprint density at radius 1 is 0.917 bits per heavy atom. The molecule has 2 amide bonds. The highest BCUT2D eigenvalue weighted by Crippen LogP contribution is 2.21. The Balaban J connectivity index is 1.69. The SMILES string of the molecule is O=C(NO)c1cccc(NC(=O)c2ccc(N3CCCC3)cc2)c1. The molecule has 0 spiro atoms. The van der Waals surface area contributed by atoms with Gasteiger partial charge in [-0.3, -0.25) is 14.8 Å². The van der Waals surface area contributed by atoms with Crippen LogP contribution >= 0.6 is 0 Å². The Hall–Kier alpha value is -2.86. The van der Waals surface area contributed by atoms with Crippen LogP contribution in [0.2, 0.25) is 0 Å². The van der Waals surface area contributed by atoms with Gasteiger partial charge in [0, 0.05) is 35.6 Å². The molecule has 3 rings (SSSR count). The molecular formula is C18H19N3O3. The van der Waals surface area contributed by atoms with Crippen molar-refractivity contribution in [3.05, 3.63) is 59.7 Å². The molecule has 0 radical (unpaired) electrons. The van der Waals surface area contributed by atoms with Crippen LogP contribution in [0, 0.1) is 0 Å². The average molecular weight is 325 g/mol. The van der Waals surface area contributed by atoms with Crippen LogP contribution in [0.1, 0.15) is 33.6 Å². The normalized spacial score (nSPS) is 13.6. The molecule has 2 aromatic carbocycles. The summed E-state index contributed by atoms with van der Waals surface area (Å²) in [5, 5.41) is 11.4. The van der Waals surface area contributed by atoms with Gasteiger partial charge < -0.3 is 10.2 Å². The van der Waals surface area contributed by atoms with Gasteiger partial charge in [-0.2, -0.15) is 0 Å². The Bertz CT molecular complexity index is 737. The minimum Gasteiger partial charge on any atom is -0.372 e. The molecule has 0 atom stereocenters. The lowest BCUT2D eigenvalue weighted by Gasteiger charge is -2.17. The van der Waals surface area contributed by atoms with Crippen LogP contribution in [0.4, 0.5) is 11.4 Å². The van der Waals surface area contributed by atoms with Crippen molar-refractivity contribution in [1.29, 1.82) is 0 Å². The summed E-state index contributed by atoms with van der Waals surface area (Å²) in [5.41, 5.74) is 4.01. The van der Waals surface area contributed by atoms with Crippen LogP contribution in [0.25, 0.3) is 0 Å². The van der Waals surface area contributed by atoms with Gasteiger partial charge in [0.2, 0.25) is 0 Å². The predicted octanol–water partition coefficient (Wildman–Crippen LogP) is 2.66. The van der Waals surface area contributed by atoms with E-state index in [1.807, 2.05) is 12.1 Å². The molecular weight excluding hydrogens is 306 g/mol. The van der Waals surface area contributed by atoms with Crippen molar-refractivity contribution in [2.24, 2.45) is 0 Å². The summed E-state index contributed by atoms with van der Waals surface area (Å²) in [6.45, 7) is 2.12. The van der Waals surface area contributed by atoms with Crippen LogP contribution in [-0.2, 0) is 0 Å². The average Bonchev–Trinajstić information content (AvgIpc) is 3.16. The van der Waals surface area contributed by atoms with Gasteiger partial charge in [-0.05, 0) is 55.3 Å². The monoisotopic (exact) mass is 325 g/mol. The van der Waals surface area contributed by atoms with Gasteiger partial charge in [-0.15, -0.1) is 0 Å². The predicted molar refractivity (Wildman–Crippen MR) is 91.5 cm³/mol. The van der Waals surface area contributed by atoms with Crippen molar-refractivity contribution in [3.8, 4) is 0 Å². The van der Waals surface area contributed by atoms with Gasteiger partial charge in [-0.1, -0.05) is 6.07 Å². The van der Waals surface area contributed by atoms with E-state index in [1.165, 1.54) is 18.9 Å². The number of carbonyl (C=O) groups excluding carboxylic acids is 2. The molecule has 3 N–H and O–H groups in total. The first-order valence-electron chi connectivity index (χ1n) is 7.88. The lowest BCUT2D eigenvalue weighted by molar-refractivity contribution is 0.0706. The quantitative estimate of drug-likeness (QED) is 0.596. The number of hydrogen-bond donors (Lipinski definition) is 3. The number of nitrogens with one attached hydrogen (secondary N) is 2. The summed E-state index contributed by atoms with van der Waals surface area (Å²) < 4.78 is 0. The standard InChI is InChI=1S/C18H19N3O3/c22-17(19-15-5-3-4-14(12-15)18(23)20-24)13-6-8-16(9-7-13)21-10-1-2-11-21/h3-9,12,24H,1-2,10-11H2,(H,19,22)(H,20,23). The minimum atomic E-state index is -0.624. The zero-order chi connectivity index (χ0) is 16.9. The fourth-order valence-corrected chi connectivity index (χ4v) is 2.80. The topological polar surface area (TPSA) is 81.7 Å². The molecule has 6 heteroatoms. The summed E-state index contributed by atoms with van der Waals surface area (Å²) in [6.07, 6.45) is 2.42. The van der Waals surface area contributed by atoms with E-state index in [-0.39, 0.29) is 11.5 Å². The first kappa shape index (κ1) is 16.0. The number of nitrogens with zero attached hydrogens (tertiary/aromatic N) is 1. The molecule has 1 aliphatic rings. The van der Waals surface area contributed by atoms with E-state index >= 15 is 0 Å². The Morgan fingerprint density at radius 3 is 2.29 bits per heavy atom. The van der Waals surface area contributed by atoms with Crippen molar-refractivity contribution in [3.63, 3.8) is 0 Å². The summed E-state index contributed by atoms with van der Waals surface area (Å²) in [5.74, 6) is -0.870. The highest BCUT2D eigenvalue weighted by Gasteiger charge is 2.13. The van der Waals surface area contributed by atoms with Gasteiger partial charge in [0.15, 0.2) is 0 Å². The molecule has 2 aromatic rings. The van der Waals surface area contributed by atoms with E-state index in [2.05, 4.69) is 10.2 Å². The van der Waals surface area contributed by atoms with Crippen molar-refractivity contribution >= 4 is 23.2 Å². The maximum atomic E-state index is 12.3. The summed E-state index contributed by atoms with van der Waals surface area (Å²) in [7, 11) is 0. The molecule has 6 nitrogen and oxygen atoms in total. The van der Waals surface area contributed by atoms with Gasteiger partial charge >= 0.3 is 0 Å². The van der Waals surface area contributed by atoms with Crippen molar-refractivity contribution in [2.75, 3.05) is 23.3 Å². The van der Waals surface area contributed by atoms with Gasteiger partial charge in [0.05, 0.1) is 0 Å². The molecule has 124 valence electrons. The smallest absolute Gasteiger partial charge is 0.274 e. The maximum Gasteiger partial charge on any atom is 0.274 e. The zero-order valence-corrected chi connectivity index (χ0v) is 13.2. The van der Waals surface area contributed by atoms with Gasteiger partial charge in [-0.25, -0.2) is 5.48 Å². The summed E-state index contributed by atoms with van der Waals surface area (Å²) in [4.78, 5) is 26.0. The molecule has 0 saturated carbocycles. The number of carbonyl (C=O) groups is 2. The molecule has 1 heterocycles. The van der Waals surface area contributed by atoms with Gasteiger partial charge in [0.25, 0.3) is 11.8 Å². The first-order chi connectivity index (χ1) is 11.7. The molecule has 0 aliphatic carbocycles. The molecule has 1 fully saturated rings. The summed E-state index contributed by atoms with van der Waals surface area (Å²) in [6, 6.07) is 13.9. The van der Waals surface area contributed by atoms with E-state index in [0.717, 1.165) is 18.8 Å². The third-order valence-electron chi connectivity index (χ3n) is 4.08. The Morgan fingerprint density at radius 2 is 1.62 bits per heavy atom. The Labute approximate surface area is 140 Å². The van der Waals surface area contributed by atoms with Crippen LogP contribution in [0.15, 0.2) is 48.5 Å². The highest BCUT2D eigenvalue weighted by molar-refractivity contribution is 6.05. The highest BCUT2D eigenvalue weighted by atomic mass is 16.5. The van der Waals surface area contributed by atoms with Crippen molar-refractivity contribution in [1.82, 2.24) is 5.48 Å². The summed E-state index contributed by atoms with van der Waals surface area (Å²) >= 11 is 0. The lowest BCUT2D eigenvalue weighted by atomic mass is 10.1. The van der Waals surface area contributed by atoms with Crippen LogP contribution in [0.3, 0.4) is 0 Å². The Kier molecular flexibility index (Phi) is 4.77. The minimum absolute atomic E-state index is 0.246. The van der Waals surface area contributed by atoms with E-state index in [0.29, 0.717) is 11.3 Å². The second kappa shape index (κ2) is 7.14. The van der Waals surface area contributed by atoms with E-state index in [4.69, 9.17) is 5.21 Å². The first-order valence-corrected chi connectivity index (χ1v) is 7.88. The second-order valence-electron chi connectivity index (χ2n) is 5.72. The third kappa shape index (κ3) is 3.55. The molecule has 24 heavy (non-hydrogen) atoms. The lowest BCUT2D eigenvalue weighted by Crippen LogP contribution is -2.19. The number of rotatable bonds is 4. The van der Waals surface area contributed by atoms with E-state index in [9.17, 15) is 9.59 Å². The third-order valence-corrected chi connectivity index (χ3v) is 4.08. The molecule has 0 bridgehead atoms. The fraction of sp³-hybridized carbons (Fsp3) is 0.222. The molecule has 0 unspecified atom stereocenters. The largest absolute Gasteiger partial charge is 0.372 e. The van der Waals surface area contributed by atoms with Gasteiger partial charge in [0.1, 0.15) is 0 Å². The van der Waals surface area contributed by atoms with Crippen LogP contribution in [0.5, 0.6) is 0 Å². The number of amides is 2. The maximum absolute atomic E-state index is 12.3. The van der Waals surface area contributed by atoms with Crippen molar-refractivity contribution < 1.29 is 14.8 Å². The van der Waals surface area contributed by atoms with Crippen LogP contribution in [-0.4, -0.2) is 30.1 Å². The molecule has 1 saturated heterocycles. The van der Waals surface area contributed by atoms with E-state index < -0.39 is 5.91 Å². The number of benzene rings is 2. The molecule has 0 aromatic heterocycles. The van der Waals surface area contributed by atoms with Crippen LogP contribution < -0.4 is 15.7 Å².